The smallest absolute Gasteiger partial charge is 0.308 e. The fourth-order valence-corrected chi connectivity index (χ4v) is 2.73. The highest BCUT2D eigenvalue weighted by atomic mass is 28.4. The Hall–Kier alpha value is -0.353. The summed E-state index contributed by atoms with van der Waals surface area (Å²) in [5, 5.41) is 0. The minimum absolute atomic E-state index is 0.0163. The van der Waals surface area contributed by atoms with Crippen molar-refractivity contribution >= 4 is 14.3 Å². The van der Waals surface area contributed by atoms with Gasteiger partial charge in [-0.1, -0.05) is 0 Å². The second kappa shape index (κ2) is 3.80. The van der Waals surface area contributed by atoms with Crippen LogP contribution in [0.1, 0.15) is 19.8 Å². The second-order valence-electron chi connectivity index (χ2n) is 4.59. The molecule has 0 spiro atoms. The zero-order chi connectivity index (χ0) is 10.1. The highest BCUT2D eigenvalue weighted by molar-refractivity contribution is 6.69. The average molecular weight is 202 g/mol. The summed E-state index contributed by atoms with van der Waals surface area (Å²) in [6.07, 6.45) is 1.37. The van der Waals surface area contributed by atoms with E-state index in [4.69, 9.17) is 9.16 Å². The Morgan fingerprint density at radius 1 is 1.46 bits per heavy atom. The van der Waals surface area contributed by atoms with Crippen LogP contribution in [-0.2, 0) is 14.0 Å². The van der Waals surface area contributed by atoms with Gasteiger partial charge in [-0.05, 0) is 26.6 Å². The summed E-state index contributed by atoms with van der Waals surface area (Å²) in [7, 11) is -1.51. The molecule has 3 nitrogen and oxygen atoms in total. The van der Waals surface area contributed by atoms with Crippen molar-refractivity contribution in [3.8, 4) is 0 Å². The first kappa shape index (κ1) is 10.7. The van der Waals surface area contributed by atoms with Gasteiger partial charge in [-0.15, -0.1) is 0 Å². The SMILES string of the molecule is C[C@@H]1CC(O[Si](C)(C)C)CC(=O)O1. The molecular formula is C9H18O3Si. The van der Waals surface area contributed by atoms with Crippen molar-refractivity contribution in [2.75, 3.05) is 0 Å². The third-order valence-corrected chi connectivity index (χ3v) is 2.88. The largest absolute Gasteiger partial charge is 0.462 e. The molecule has 13 heavy (non-hydrogen) atoms. The molecule has 0 aromatic heterocycles. The molecule has 0 saturated carbocycles. The van der Waals surface area contributed by atoms with Gasteiger partial charge in [0.2, 0.25) is 0 Å². The van der Waals surface area contributed by atoms with E-state index in [0.717, 1.165) is 6.42 Å². The Labute approximate surface area is 80.5 Å². The molecule has 1 saturated heterocycles. The van der Waals surface area contributed by atoms with Crippen molar-refractivity contribution in [1.82, 2.24) is 0 Å². The number of carbonyl (C=O) groups is 1. The van der Waals surface area contributed by atoms with Crippen LogP contribution in [0.5, 0.6) is 0 Å². The highest BCUT2D eigenvalue weighted by Gasteiger charge is 2.30. The Kier molecular flexibility index (Phi) is 3.13. The van der Waals surface area contributed by atoms with Crippen molar-refractivity contribution in [2.45, 2.75) is 51.6 Å². The van der Waals surface area contributed by atoms with E-state index in [-0.39, 0.29) is 18.2 Å². The molecule has 0 aromatic rings. The van der Waals surface area contributed by atoms with Gasteiger partial charge in [0.25, 0.3) is 0 Å². The Morgan fingerprint density at radius 3 is 2.54 bits per heavy atom. The van der Waals surface area contributed by atoms with Crippen molar-refractivity contribution in [2.24, 2.45) is 0 Å². The van der Waals surface area contributed by atoms with Crippen LogP contribution in [-0.4, -0.2) is 26.5 Å². The van der Waals surface area contributed by atoms with Crippen LogP contribution in [0.2, 0.25) is 19.6 Å². The minimum Gasteiger partial charge on any atom is -0.462 e. The number of ether oxygens (including phenoxy) is 1. The lowest BCUT2D eigenvalue weighted by Gasteiger charge is -2.31. The molecule has 1 fully saturated rings. The van der Waals surface area contributed by atoms with Gasteiger partial charge in [0.1, 0.15) is 6.10 Å². The van der Waals surface area contributed by atoms with E-state index in [1.807, 2.05) is 6.92 Å². The normalized spacial score (nSPS) is 30.0. The van der Waals surface area contributed by atoms with E-state index >= 15 is 0 Å². The predicted octanol–water partition coefficient (Wildman–Crippen LogP) is 1.93. The van der Waals surface area contributed by atoms with E-state index in [0.29, 0.717) is 6.42 Å². The van der Waals surface area contributed by atoms with Crippen molar-refractivity contribution < 1.29 is 14.0 Å². The molecule has 0 aliphatic carbocycles. The molecular weight excluding hydrogens is 184 g/mol. The molecule has 1 heterocycles. The maximum Gasteiger partial charge on any atom is 0.308 e. The summed E-state index contributed by atoms with van der Waals surface area (Å²) < 4.78 is 10.9. The van der Waals surface area contributed by atoms with Crippen LogP contribution in [0.25, 0.3) is 0 Å². The van der Waals surface area contributed by atoms with Crippen LogP contribution >= 0.6 is 0 Å². The molecule has 0 radical (unpaired) electrons. The van der Waals surface area contributed by atoms with Crippen LogP contribution in [0.4, 0.5) is 0 Å². The summed E-state index contributed by atoms with van der Waals surface area (Å²) >= 11 is 0. The van der Waals surface area contributed by atoms with Crippen molar-refractivity contribution in [1.29, 1.82) is 0 Å². The fraction of sp³-hybridized carbons (Fsp3) is 0.889. The zero-order valence-corrected chi connectivity index (χ0v) is 9.79. The first-order chi connectivity index (χ1) is 5.87. The maximum absolute atomic E-state index is 11.1. The van der Waals surface area contributed by atoms with Crippen LogP contribution in [0, 0.1) is 0 Å². The molecule has 0 aromatic carbocycles. The lowest BCUT2D eigenvalue weighted by Crippen LogP contribution is -2.39. The molecule has 0 bridgehead atoms. The van der Waals surface area contributed by atoms with E-state index < -0.39 is 8.32 Å². The highest BCUT2D eigenvalue weighted by Crippen LogP contribution is 2.21. The van der Waals surface area contributed by atoms with E-state index in [9.17, 15) is 4.79 Å². The van der Waals surface area contributed by atoms with Gasteiger partial charge < -0.3 is 9.16 Å². The number of cyclic esters (lactones) is 1. The van der Waals surface area contributed by atoms with E-state index in [2.05, 4.69) is 19.6 Å². The monoisotopic (exact) mass is 202 g/mol. The summed E-state index contributed by atoms with van der Waals surface area (Å²) in [4.78, 5) is 11.1. The van der Waals surface area contributed by atoms with Crippen LogP contribution in [0.3, 0.4) is 0 Å². The third-order valence-electron chi connectivity index (χ3n) is 1.84. The van der Waals surface area contributed by atoms with Gasteiger partial charge in [-0.2, -0.15) is 0 Å². The van der Waals surface area contributed by atoms with E-state index in [1.165, 1.54) is 0 Å². The zero-order valence-electron chi connectivity index (χ0n) is 8.79. The second-order valence-corrected chi connectivity index (χ2v) is 9.05. The Balaban J connectivity index is 2.46. The molecule has 76 valence electrons. The molecule has 4 heteroatoms. The van der Waals surface area contributed by atoms with Gasteiger partial charge in [0.05, 0.1) is 12.5 Å². The van der Waals surface area contributed by atoms with Crippen molar-refractivity contribution in [3.63, 3.8) is 0 Å². The predicted molar refractivity (Wildman–Crippen MR) is 53.0 cm³/mol. The average Bonchev–Trinajstić information content (AvgIpc) is 1.78. The van der Waals surface area contributed by atoms with Gasteiger partial charge in [-0.25, -0.2) is 0 Å². The standard InChI is InChI=1S/C9H18O3Si/c1-7-5-8(6-9(10)11-7)12-13(2,3)4/h7-8H,5-6H2,1-4H3/t7-,8?/m1/s1. The first-order valence-corrected chi connectivity index (χ1v) is 8.15. The quantitative estimate of drug-likeness (QED) is 0.507. The molecule has 1 rings (SSSR count). The van der Waals surface area contributed by atoms with Gasteiger partial charge in [0, 0.05) is 6.42 Å². The number of hydrogen-bond donors (Lipinski definition) is 0. The van der Waals surface area contributed by atoms with Crippen LogP contribution < -0.4 is 0 Å². The Bertz CT molecular complexity index is 198. The van der Waals surface area contributed by atoms with Gasteiger partial charge in [0.15, 0.2) is 8.32 Å². The number of esters is 1. The summed E-state index contributed by atoms with van der Waals surface area (Å²) in [6.45, 7) is 8.32. The minimum atomic E-state index is -1.51. The molecule has 2 atom stereocenters. The van der Waals surface area contributed by atoms with E-state index in [1.54, 1.807) is 0 Å². The lowest BCUT2D eigenvalue weighted by molar-refractivity contribution is -0.157. The molecule has 1 unspecified atom stereocenters. The summed E-state index contributed by atoms with van der Waals surface area (Å²) in [6, 6.07) is 0. The maximum atomic E-state index is 11.1. The summed E-state index contributed by atoms with van der Waals surface area (Å²) in [5.41, 5.74) is 0. The molecule has 0 N–H and O–H groups in total. The third kappa shape index (κ3) is 3.91. The number of rotatable bonds is 2. The number of hydrogen-bond acceptors (Lipinski definition) is 3. The van der Waals surface area contributed by atoms with Gasteiger partial charge >= 0.3 is 5.97 Å². The molecule has 0 amide bonds. The lowest BCUT2D eigenvalue weighted by atomic mass is 10.1. The molecule has 1 aliphatic rings. The first-order valence-electron chi connectivity index (χ1n) is 4.74. The summed E-state index contributed by atoms with van der Waals surface area (Å²) in [5.74, 6) is -0.123. The molecule has 1 aliphatic heterocycles. The van der Waals surface area contributed by atoms with Gasteiger partial charge in [-0.3, -0.25) is 4.79 Å². The Morgan fingerprint density at radius 2 is 2.08 bits per heavy atom. The fourth-order valence-electron chi connectivity index (χ4n) is 1.55. The number of carbonyl (C=O) groups excluding carboxylic acids is 1. The topological polar surface area (TPSA) is 35.5 Å². The van der Waals surface area contributed by atoms with Crippen molar-refractivity contribution in [3.05, 3.63) is 0 Å². The van der Waals surface area contributed by atoms with Crippen LogP contribution in [0.15, 0.2) is 0 Å².